The average Bonchev–Trinajstić information content (AvgIpc) is 2.52. The van der Waals surface area contributed by atoms with Gasteiger partial charge in [0.05, 0.1) is 22.8 Å². The van der Waals surface area contributed by atoms with Gasteiger partial charge in [-0.2, -0.15) is 13.2 Å². The van der Waals surface area contributed by atoms with Crippen LogP contribution in [0.15, 0.2) is 18.2 Å². The van der Waals surface area contributed by atoms with Crippen LogP contribution in [0.4, 0.5) is 13.2 Å². The largest absolute Gasteiger partial charge is 0.478 e. The lowest BCUT2D eigenvalue weighted by molar-refractivity contribution is -0.137. The lowest BCUT2D eigenvalue weighted by Crippen LogP contribution is -2.37. The van der Waals surface area contributed by atoms with Crippen molar-refractivity contribution in [1.29, 1.82) is 0 Å². The third-order valence-corrected chi connectivity index (χ3v) is 3.90. The van der Waals surface area contributed by atoms with Crippen molar-refractivity contribution in [2.75, 3.05) is 13.2 Å². The van der Waals surface area contributed by atoms with Gasteiger partial charge >= 0.3 is 12.1 Å². The quantitative estimate of drug-likeness (QED) is 0.880. The Labute approximate surface area is 136 Å². The third kappa shape index (κ3) is 4.47. The molecule has 1 fully saturated rings. The monoisotopic (exact) mass is 345 g/mol. The molecule has 1 amide bonds. The molecule has 0 unspecified atom stereocenters. The van der Waals surface area contributed by atoms with Crippen molar-refractivity contribution in [1.82, 2.24) is 5.32 Å². The van der Waals surface area contributed by atoms with Gasteiger partial charge in [0.25, 0.3) is 5.91 Å². The van der Waals surface area contributed by atoms with Gasteiger partial charge in [0, 0.05) is 13.2 Å². The Morgan fingerprint density at radius 2 is 2.04 bits per heavy atom. The zero-order valence-electron chi connectivity index (χ0n) is 13.0. The molecule has 132 valence electrons. The van der Waals surface area contributed by atoms with Gasteiger partial charge in [-0.1, -0.05) is 6.92 Å². The highest BCUT2D eigenvalue weighted by molar-refractivity contribution is 5.97. The maximum absolute atomic E-state index is 13.1. The summed E-state index contributed by atoms with van der Waals surface area (Å²) in [6.07, 6.45) is -3.39. The van der Waals surface area contributed by atoms with Crippen molar-refractivity contribution in [2.45, 2.75) is 32.0 Å². The number of halogens is 3. The number of carboxylic acids is 1. The van der Waals surface area contributed by atoms with E-state index in [1.54, 1.807) is 0 Å². The molecule has 0 spiro atoms. The van der Waals surface area contributed by atoms with E-state index < -0.39 is 34.7 Å². The zero-order chi connectivity index (χ0) is 17.9. The minimum Gasteiger partial charge on any atom is -0.478 e. The summed E-state index contributed by atoms with van der Waals surface area (Å²) in [5.74, 6) is -1.96. The van der Waals surface area contributed by atoms with Crippen LogP contribution in [0, 0.1) is 5.92 Å². The minimum absolute atomic E-state index is 0.115. The van der Waals surface area contributed by atoms with Gasteiger partial charge < -0.3 is 15.2 Å². The molecule has 0 aliphatic carbocycles. The molecule has 1 aromatic rings. The molecular weight excluding hydrogens is 327 g/mol. The van der Waals surface area contributed by atoms with Crippen LogP contribution >= 0.6 is 0 Å². The summed E-state index contributed by atoms with van der Waals surface area (Å²) in [7, 11) is 0. The van der Waals surface area contributed by atoms with Crippen LogP contribution in [-0.4, -0.2) is 36.2 Å². The highest BCUT2D eigenvalue weighted by Crippen LogP contribution is 2.33. The first-order valence-corrected chi connectivity index (χ1v) is 7.53. The molecule has 1 heterocycles. The molecule has 0 bridgehead atoms. The molecule has 0 radical (unpaired) electrons. The Morgan fingerprint density at radius 1 is 1.33 bits per heavy atom. The summed E-state index contributed by atoms with van der Waals surface area (Å²) in [4.78, 5) is 22.9. The molecule has 1 aliphatic rings. The first kappa shape index (κ1) is 18.3. The molecule has 0 saturated carbocycles. The molecule has 1 aromatic carbocycles. The summed E-state index contributed by atoms with van der Waals surface area (Å²) in [5, 5.41) is 11.2. The summed E-state index contributed by atoms with van der Waals surface area (Å²) in [6.45, 7) is 2.71. The van der Waals surface area contributed by atoms with E-state index in [0.29, 0.717) is 18.6 Å². The molecule has 24 heavy (non-hydrogen) atoms. The maximum Gasteiger partial charge on any atom is 0.417 e. The number of hydrogen-bond acceptors (Lipinski definition) is 3. The van der Waals surface area contributed by atoms with Crippen molar-refractivity contribution in [3.05, 3.63) is 34.9 Å². The third-order valence-electron chi connectivity index (χ3n) is 3.90. The SMILES string of the molecule is C[C@@H]1CC[C@@H](CNC(=O)c2ccc(C(=O)O)cc2C(F)(F)F)OC1. The number of carbonyl (C=O) groups excluding carboxylic acids is 1. The van der Waals surface area contributed by atoms with Crippen LogP contribution in [-0.2, 0) is 10.9 Å². The Bertz CT molecular complexity index is 622. The average molecular weight is 345 g/mol. The van der Waals surface area contributed by atoms with E-state index in [1.165, 1.54) is 0 Å². The number of alkyl halides is 3. The van der Waals surface area contributed by atoms with E-state index in [2.05, 4.69) is 5.32 Å². The van der Waals surface area contributed by atoms with Gasteiger partial charge in [-0.15, -0.1) is 0 Å². The van der Waals surface area contributed by atoms with Gasteiger partial charge in [-0.25, -0.2) is 4.79 Å². The van der Waals surface area contributed by atoms with Crippen LogP contribution in [0.3, 0.4) is 0 Å². The molecular formula is C16H18F3NO4. The summed E-state index contributed by atoms with van der Waals surface area (Å²) >= 11 is 0. The van der Waals surface area contributed by atoms with Gasteiger partial charge in [-0.05, 0) is 37.0 Å². The molecule has 5 nitrogen and oxygen atoms in total. The normalized spacial score (nSPS) is 21.3. The fourth-order valence-electron chi connectivity index (χ4n) is 2.51. The maximum atomic E-state index is 13.1. The van der Waals surface area contributed by atoms with Crippen molar-refractivity contribution in [3.63, 3.8) is 0 Å². The highest BCUT2D eigenvalue weighted by Gasteiger charge is 2.36. The van der Waals surface area contributed by atoms with E-state index in [-0.39, 0.29) is 12.6 Å². The van der Waals surface area contributed by atoms with Crippen LogP contribution in [0.2, 0.25) is 0 Å². The second-order valence-electron chi connectivity index (χ2n) is 5.91. The van der Waals surface area contributed by atoms with Crippen molar-refractivity contribution in [3.8, 4) is 0 Å². The number of benzene rings is 1. The molecule has 2 rings (SSSR count). The van der Waals surface area contributed by atoms with Crippen LogP contribution < -0.4 is 5.32 Å². The highest BCUT2D eigenvalue weighted by atomic mass is 19.4. The molecule has 2 N–H and O–H groups in total. The lowest BCUT2D eigenvalue weighted by Gasteiger charge is -2.27. The Morgan fingerprint density at radius 3 is 2.58 bits per heavy atom. The number of amides is 1. The number of ether oxygens (including phenoxy) is 1. The van der Waals surface area contributed by atoms with E-state index in [9.17, 15) is 22.8 Å². The van der Waals surface area contributed by atoms with Crippen LogP contribution in [0.25, 0.3) is 0 Å². The molecule has 8 heteroatoms. The standard InChI is InChI=1S/C16H18F3NO4/c1-9-2-4-11(24-8-9)7-20-14(21)12-5-3-10(15(22)23)6-13(12)16(17,18)19/h3,5-6,9,11H,2,4,7-8H2,1H3,(H,20,21)(H,22,23)/t9-,11+/m1/s1. The second kappa shape index (κ2) is 7.21. The lowest BCUT2D eigenvalue weighted by atomic mass is 10.00. The first-order chi connectivity index (χ1) is 11.2. The van der Waals surface area contributed by atoms with Crippen LogP contribution in [0.1, 0.15) is 46.0 Å². The van der Waals surface area contributed by atoms with Gasteiger partial charge in [0.15, 0.2) is 0 Å². The number of carbonyl (C=O) groups is 2. The molecule has 2 atom stereocenters. The minimum atomic E-state index is -4.82. The van der Waals surface area contributed by atoms with Crippen molar-refractivity contribution < 1.29 is 32.6 Å². The van der Waals surface area contributed by atoms with E-state index >= 15 is 0 Å². The zero-order valence-corrected chi connectivity index (χ0v) is 13.0. The summed E-state index contributed by atoms with van der Waals surface area (Å²) in [6, 6.07) is 2.33. The number of rotatable bonds is 4. The first-order valence-electron chi connectivity index (χ1n) is 7.53. The number of hydrogen-bond donors (Lipinski definition) is 2. The number of aromatic carboxylic acids is 1. The summed E-state index contributed by atoms with van der Waals surface area (Å²) in [5.41, 5.74) is -2.39. The fourth-order valence-corrected chi connectivity index (χ4v) is 2.51. The smallest absolute Gasteiger partial charge is 0.417 e. The predicted octanol–water partition coefficient (Wildman–Crippen LogP) is 2.95. The molecule has 1 saturated heterocycles. The van der Waals surface area contributed by atoms with Crippen molar-refractivity contribution in [2.24, 2.45) is 5.92 Å². The Hall–Kier alpha value is -2.09. The van der Waals surface area contributed by atoms with Crippen molar-refractivity contribution >= 4 is 11.9 Å². The summed E-state index contributed by atoms with van der Waals surface area (Å²) < 4.78 is 44.8. The topological polar surface area (TPSA) is 75.6 Å². The van der Waals surface area contributed by atoms with E-state index in [4.69, 9.17) is 9.84 Å². The number of carboxylic acid groups (broad SMARTS) is 1. The van der Waals surface area contributed by atoms with Gasteiger partial charge in [0.2, 0.25) is 0 Å². The molecule has 0 aromatic heterocycles. The van der Waals surface area contributed by atoms with Gasteiger partial charge in [0.1, 0.15) is 0 Å². The van der Waals surface area contributed by atoms with E-state index in [1.807, 2.05) is 6.92 Å². The van der Waals surface area contributed by atoms with E-state index in [0.717, 1.165) is 25.0 Å². The van der Waals surface area contributed by atoms with Crippen LogP contribution in [0.5, 0.6) is 0 Å². The van der Waals surface area contributed by atoms with Gasteiger partial charge in [-0.3, -0.25) is 4.79 Å². The predicted molar refractivity (Wildman–Crippen MR) is 78.9 cm³/mol. The number of nitrogens with one attached hydrogen (secondary N) is 1. The fraction of sp³-hybridized carbons (Fsp3) is 0.500. The molecule has 1 aliphatic heterocycles. The Balaban J connectivity index is 2.12. The second-order valence-corrected chi connectivity index (χ2v) is 5.91. The Kier molecular flexibility index (Phi) is 5.48.